The van der Waals surface area contributed by atoms with Crippen molar-refractivity contribution in [3.8, 4) is 11.5 Å². The van der Waals surface area contributed by atoms with Gasteiger partial charge in [0.25, 0.3) is 0 Å². The second kappa shape index (κ2) is 6.04. The van der Waals surface area contributed by atoms with E-state index in [1.54, 1.807) is 0 Å². The van der Waals surface area contributed by atoms with Gasteiger partial charge in [0.2, 0.25) is 0 Å². The maximum atomic E-state index is 6.18. The molecule has 0 aromatic heterocycles. The van der Waals surface area contributed by atoms with E-state index in [4.69, 9.17) is 9.47 Å². The molecule has 0 spiro atoms. The molecule has 0 amide bonds. The summed E-state index contributed by atoms with van der Waals surface area (Å²) in [5.74, 6) is 2.78. The van der Waals surface area contributed by atoms with Gasteiger partial charge in [0, 0.05) is 11.6 Å². The number of ether oxygens (including phenoxy) is 2. The molecule has 2 aliphatic rings. The predicted octanol–water partition coefficient (Wildman–Crippen LogP) is 3.69. The van der Waals surface area contributed by atoms with Crippen LogP contribution in [-0.2, 0) is 0 Å². The fraction of sp³-hybridized carbons (Fsp3) is 0.647. The van der Waals surface area contributed by atoms with Crippen molar-refractivity contribution in [2.45, 2.75) is 51.2 Å². The van der Waals surface area contributed by atoms with Gasteiger partial charge in [0.05, 0.1) is 12.1 Å². The zero-order chi connectivity index (χ0) is 13.9. The van der Waals surface area contributed by atoms with E-state index in [0.717, 1.165) is 24.0 Å². The SMILES string of the molecule is CCC1CCCC(Oc2ccc3c(c2)OCC3NC)C1. The van der Waals surface area contributed by atoms with Crippen molar-refractivity contribution in [2.24, 2.45) is 5.92 Å². The van der Waals surface area contributed by atoms with Crippen LogP contribution in [0.25, 0.3) is 0 Å². The lowest BCUT2D eigenvalue weighted by Gasteiger charge is -2.29. The van der Waals surface area contributed by atoms with Crippen LogP contribution in [0.2, 0.25) is 0 Å². The zero-order valence-corrected chi connectivity index (χ0v) is 12.5. The summed E-state index contributed by atoms with van der Waals surface area (Å²) < 4.78 is 11.9. The molecule has 3 atom stereocenters. The first-order chi connectivity index (χ1) is 9.80. The Hall–Kier alpha value is -1.22. The number of nitrogens with one attached hydrogen (secondary N) is 1. The van der Waals surface area contributed by atoms with Crippen LogP contribution >= 0.6 is 0 Å². The Morgan fingerprint density at radius 1 is 1.35 bits per heavy atom. The lowest BCUT2D eigenvalue weighted by atomic mass is 9.85. The van der Waals surface area contributed by atoms with E-state index in [9.17, 15) is 0 Å². The Balaban J connectivity index is 1.66. The van der Waals surface area contributed by atoms with E-state index in [1.807, 2.05) is 7.05 Å². The normalized spacial score (nSPS) is 28.8. The van der Waals surface area contributed by atoms with Gasteiger partial charge < -0.3 is 14.8 Å². The number of likely N-dealkylation sites (N-methyl/N-ethyl adjacent to an activating group) is 1. The summed E-state index contributed by atoms with van der Waals surface area (Å²) in [6, 6.07) is 6.60. The molecule has 1 heterocycles. The van der Waals surface area contributed by atoms with Gasteiger partial charge in [0.1, 0.15) is 18.1 Å². The van der Waals surface area contributed by atoms with E-state index < -0.39 is 0 Å². The van der Waals surface area contributed by atoms with E-state index in [0.29, 0.717) is 12.1 Å². The highest BCUT2D eigenvalue weighted by Gasteiger charge is 2.25. The predicted molar refractivity (Wildman–Crippen MR) is 80.4 cm³/mol. The number of fused-ring (bicyclic) bond motifs is 1. The van der Waals surface area contributed by atoms with Crippen molar-refractivity contribution in [1.29, 1.82) is 0 Å². The van der Waals surface area contributed by atoms with Crippen LogP contribution < -0.4 is 14.8 Å². The summed E-state index contributed by atoms with van der Waals surface area (Å²) in [5, 5.41) is 3.27. The van der Waals surface area contributed by atoms with Crippen LogP contribution in [0.1, 0.15) is 50.6 Å². The van der Waals surface area contributed by atoms with Crippen LogP contribution in [0.15, 0.2) is 18.2 Å². The van der Waals surface area contributed by atoms with Gasteiger partial charge in [-0.2, -0.15) is 0 Å². The Morgan fingerprint density at radius 2 is 2.25 bits per heavy atom. The molecule has 1 fully saturated rings. The molecular formula is C17H25NO2. The molecule has 0 radical (unpaired) electrons. The minimum absolute atomic E-state index is 0.318. The van der Waals surface area contributed by atoms with Crippen molar-refractivity contribution in [1.82, 2.24) is 5.32 Å². The summed E-state index contributed by atoms with van der Waals surface area (Å²) >= 11 is 0. The van der Waals surface area contributed by atoms with Crippen LogP contribution in [0, 0.1) is 5.92 Å². The summed E-state index contributed by atoms with van der Waals surface area (Å²) in [5.41, 5.74) is 1.25. The number of benzene rings is 1. The number of rotatable bonds is 4. The highest BCUT2D eigenvalue weighted by molar-refractivity contribution is 5.45. The smallest absolute Gasteiger partial charge is 0.127 e. The fourth-order valence-corrected chi connectivity index (χ4v) is 3.41. The van der Waals surface area contributed by atoms with Crippen molar-refractivity contribution in [3.63, 3.8) is 0 Å². The van der Waals surface area contributed by atoms with Crippen LogP contribution in [0.4, 0.5) is 0 Å². The average Bonchev–Trinajstić information content (AvgIpc) is 2.89. The molecule has 1 aromatic carbocycles. The third-order valence-corrected chi connectivity index (χ3v) is 4.73. The van der Waals surface area contributed by atoms with Crippen LogP contribution in [0.3, 0.4) is 0 Å². The lowest BCUT2D eigenvalue weighted by molar-refractivity contribution is 0.122. The highest BCUT2D eigenvalue weighted by Crippen LogP contribution is 2.36. The molecular weight excluding hydrogens is 250 g/mol. The molecule has 3 heteroatoms. The van der Waals surface area contributed by atoms with E-state index in [-0.39, 0.29) is 0 Å². The number of hydrogen-bond donors (Lipinski definition) is 1. The largest absolute Gasteiger partial charge is 0.491 e. The van der Waals surface area contributed by atoms with Gasteiger partial charge >= 0.3 is 0 Å². The maximum absolute atomic E-state index is 6.18. The molecule has 0 saturated heterocycles. The molecule has 3 unspecified atom stereocenters. The van der Waals surface area contributed by atoms with Crippen molar-refractivity contribution < 1.29 is 9.47 Å². The molecule has 1 aliphatic carbocycles. The first-order valence-corrected chi connectivity index (χ1v) is 7.90. The van der Waals surface area contributed by atoms with Crippen molar-refractivity contribution in [2.75, 3.05) is 13.7 Å². The summed E-state index contributed by atoms with van der Waals surface area (Å²) in [6.07, 6.45) is 6.71. The van der Waals surface area contributed by atoms with E-state index in [2.05, 4.69) is 30.4 Å². The minimum Gasteiger partial charge on any atom is -0.491 e. The second-order valence-electron chi connectivity index (χ2n) is 6.03. The second-order valence-corrected chi connectivity index (χ2v) is 6.03. The van der Waals surface area contributed by atoms with Crippen molar-refractivity contribution in [3.05, 3.63) is 23.8 Å². The third-order valence-electron chi connectivity index (χ3n) is 4.73. The van der Waals surface area contributed by atoms with Gasteiger partial charge in [0.15, 0.2) is 0 Å². The molecule has 110 valence electrons. The monoisotopic (exact) mass is 275 g/mol. The summed E-state index contributed by atoms with van der Waals surface area (Å²) in [6.45, 7) is 3.00. The highest BCUT2D eigenvalue weighted by atomic mass is 16.5. The molecule has 0 bridgehead atoms. The molecule has 1 N–H and O–H groups in total. The van der Waals surface area contributed by atoms with E-state index in [1.165, 1.54) is 37.7 Å². The average molecular weight is 275 g/mol. The standard InChI is InChI=1S/C17H25NO2/c1-3-12-5-4-6-13(9-12)20-14-7-8-15-16(18-2)11-19-17(15)10-14/h7-8,10,12-13,16,18H,3-6,9,11H2,1-2H3. The van der Waals surface area contributed by atoms with Gasteiger partial charge in [-0.1, -0.05) is 19.8 Å². The number of hydrogen-bond acceptors (Lipinski definition) is 3. The first kappa shape index (κ1) is 13.7. The molecule has 1 aromatic rings. The Labute approximate surface area is 121 Å². The maximum Gasteiger partial charge on any atom is 0.127 e. The summed E-state index contributed by atoms with van der Waals surface area (Å²) in [7, 11) is 1.97. The zero-order valence-electron chi connectivity index (χ0n) is 12.5. The van der Waals surface area contributed by atoms with Gasteiger partial charge in [-0.05, 0) is 44.4 Å². The minimum atomic E-state index is 0.318. The first-order valence-electron chi connectivity index (χ1n) is 7.90. The van der Waals surface area contributed by atoms with Crippen LogP contribution in [-0.4, -0.2) is 19.8 Å². The quantitative estimate of drug-likeness (QED) is 0.909. The van der Waals surface area contributed by atoms with Crippen LogP contribution in [0.5, 0.6) is 11.5 Å². The van der Waals surface area contributed by atoms with Gasteiger partial charge in [-0.3, -0.25) is 0 Å². The van der Waals surface area contributed by atoms with E-state index >= 15 is 0 Å². The fourth-order valence-electron chi connectivity index (χ4n) is 3.41. The van der Waals surface area contributed by atoms with Crippen molar-refractivity contribution >= 4 is 0 Å². The Kier molecular flexibility index (Phi) is 4.16. The molecule has 1 saturated carbocycles. The molecule has 20 heavy (non-hydrogen) atoms. The molecule has 3 rings (SSSR count). The Morgan fingerprint density at radius 3 is 3.05 bits per heavy atom. The summed E-state index contributed by atoms with van der Waals surface area (Å²) in [4.78, 5) is 0. The van der Waals surface area contributed by atoms with Gasteiger partial charge in [-0.25, -0.2) is 0 Å². The Bertz CT molecular complexity index is 460. The molecule has 3 nitrogen and oxygen atoms in total. The lowest BCUT2D eigenvalue weighted by Crippen LogP contribution is -2.25. The third kappa shape index (κ3) is 2.78. The van der Waals surface area contributed by atoms with Gasteiger partial charge in [-0.15, -0.1) is 0 Å². The molecule has 1 aliphatic heterocycles. The topological polar surface area (TPSA) is 30.5 Å².